The minimum absolute atomic E-state index is 0.176. The van der Waals surface area contributed by atoms with Gasteiger partial charge in [0, 0.05) is 22.5 Å². The van der Waals surface area contributed by atoms with Gasteiger partial charge in [-0.15, -0.1) is 0 Å². The number of ether oxygens (including phenoxy) is 1. The number of rotatable bonds is 6. The van der Waals surface area contributed by atoms with Crippen LogP contribution in [0.5, 0.6) is 5.75 Å². The van der Waals surface area contributed by atoms with Gasteiger partial charge >= 0.3 is 0 Å². The van der Waals surface area contributed by atoms with Gasteiger partial charge in [-0.2, -0.15) is 0 Å². The van der Waals surface area contributed by atoms with Crippen LogP contribution in [0.25, 0.3) is 0 Å². The van der Waals surface area contributed by atoms with Crippen molar-refractivity contribution >= 4 is 40.5 Å². The van der Waals surface area contributed by atoms with Crippen LogP contribution in [0.2, 0.25) is 0 Å². The van der Waals surface area contributed by atoms with Crippen LogP contribution in [0.4, 0.5) is 11.4 Å². The molecule has 152 valence electrons. The molecule has 2 amide bonds. The van der Waals surface area contributed by atoms with Crippen molar-refractivity contribution in [3.05, 3.63) is 90.0 Å². The van der Waals surface area contributed by atoms with Crippen LogP contribution in [0, 0.1) is 0 Å². The number of carbonyl (C=O) groups is 2. The summed E-state index contributed by atoms with van der Waals surface area (Å²) in [5.74, 6) is 0.200. The molecule has 0 unspecified atom stereocenters. The molecule has 0 aliphatic heterocycles. The first-order valence-corrected chi connectivity index (χ1v) is 9.77. The van der Waals surface area contributed by atoms with E-state index < -0.39 is 0 Å². The molecule has 0 bridgehead atoms. The van der Waals surface area contributed by atoms with Gasteiger partial charge in [0.1, 0.15) is 5.75 Å². The Kier molecular flexibility index (Phi) is 7.13. The van der Waals surface area contributed by atoms with Crippen LogP contribution in [0.3, 0.4) is 0 Å². The van der Waals surface area contributed by atoms with Crippen LogP contribution in [-0.4, -0.2) is 23.5 Å². The van der Waals surface area contributed by atoms with E-state index in [2.05, 4.69) is 16.0 Å². The lowest BCUT2D eigenvalue weighted by atomic mass is 10.2. The molecule has 7 heteroatoms. The largest absolute Gasteiger partial charge is 0.494 e. The fraction of sp³-hybridized carbons (Fsp3) is 0.0870. The molecule has 3 aromatic rings. The second kappa shape index (κ2) is 10.2. The normalized spacial score (nSPS) is 10.0. The van der Waals surface area contributed by atoms with Crippen LogP contribution < -0.4 is 20.7 Å². The molecule has 3 aromatic carbocycles. The number of hydrogen-bond acceptors (Lipinski definition) is 4. The highest BCUT2D eigenvalue weighted by Gasteiger charge is 2.09. The third kappa shape index (κ3) is 5.89. The summed E-state index contributed by atoms with van der Waals surface area (Å²) in [7, 11) is 0. The molecule has 0 atom stereocenters. The SMILES string of the molecule is CCOc1ccc(C(=O)NC(=S)Nc2ccc(NC(=O)c3ccccc3)cc2)cc1. The second-order valence-electron chi connectivity index (χ2n) is 6.26. The van der Waals surface area contributed by atoms with Crippen molar-refractivity contribution in [2.75, 3.05) is 17.2 Å². The van der Waals surface area contributed by atoms with E-state index in [-0.39, 0.29) is 16.9 Å². The van der Waals surface area contributed by atoms with E-state index in [4.69, 9.17) is 17.0 Å². The van der Waals surface area contributed by atoms with Gasteiger partial charge in [-0.05, 0) is 79.8 Å². The van der Waals surface area contributed by atoms with Gasteiger partial charge in [-0.1, -0.05) is 18.2 Å². The zero-order valence-electron chi connectivity index (χ0n) is 16.3. The summed E-state index contributed by atoms with van der Waals surface area (Å²) in [6.45, 7) is 2.46. The van der Waals surface area contributed by atoms with Crippen LogP contribution in [-0.2, 0) is 0 Å². The highest BCUT2D eigenvalue weighted by atomic mass is 32.1. The third-order valence-corrected chi connectivity index (χ3v) is 4.30. The average molecular weight is 420 g/mol. The minimum Gasteiger partial charge on any atom is -0.494 e. The Hall–Kier alpha value is -3.71. The van der Waals surface area contributed by atoms with Gasteiger partial charge in [-0.25, -0.2) is 0 Å². The molecule has 3 rings (SSSR count). The number of nitrogens with one attached hydrogen (secondary N) is 3. The van der Waals surface area contributed by atoms with Crippen molar-refractivity contribution in [1.29, 1.82) is 0 Å². The van der Waals surface area contributed by atoms with E-state index in [0.717, 1.165) is 0 Å². The fourth-order valence-corrected chi connectivity index (χ4v) is 2.85. The second-order valence-corrected chi connectivity index (χ2v) is 6.67. The lowest BCUT2D eigenvalue weighted by molar-refractivity contribution is 0.0976. The van der Waals surface area contributed by atoms with Crippen molar-refractivity contribution in [3.63, 3.8) is 0 Å². The number of carbonyl (C=O) groups excluding carboxylic acids is 2. The quantitative estimate of drug-likeness (QED) is 0.514. The molecular formula is C23H21N3O3S. The molecule has 0 saturated heterocycles. The summed E-state index contributed by atoms with van der Waals surface area (Å²) in [6, 6.07) is 22.8. The van der Waals surface area contributed by atoms with E-state index in [1.54, 1.807) is 60.7 Å². The van der Waals surface area contributed by atoms with E-state index in [9.17, 15) is 9.59 Å². The maximum Gasteiger partial charge on any atom is 0.257 e. The fourth-order valence-electron chi connectivity index (χ4n) is 2.64. The molecule has 3 N–H and O–H groups in total. The average Bonchev–Trinajstić information content (AvgIpc) is 2.76. The standard InChI is InChI=1S/C23H21N3O3S/c1-2-29-20-14-8-17(9-15-20)22(28)26-23(30)25-19-12-10-18(11-13-19)24-21(27)16-6-4-3-5-7-16/h3-15H,2H2,1H3,(H,24,27)(H2,25,26,28,30). The highest BCUT2D eigenvalue weighted by Crippen LogP contribution is 2.15. The van der Waals surface area contributed by atoms with Crippen molar-refractivity contribution in [2.24, 2.45) is 0 Å². The first-order chi connectivity index (χ1) is 14.5. The van der Waals surface area contributed by atoms with Crippen molar-refractivity contribution < 1.29 is 14.3 Å². The smallest absolute Gasteiger partial charge is 0.257 e. The highest BCUT2D eigenvalue weighted by molar-refractivity contribution is 7.80. The molecular weight excluding hydrogens is 398 g/mol. The van der Waals surface area contributed by atoms with Gasteiger partial charge in [0.2, 0.25) is 0 Å². The summed E-state index contributed by atoms with van der Waals surface area (Å²) < 4.78 is 5.36. The molecule has 0 aliphatic rings. The van der Waals surface area contributed by atoms with Crippen molar-refractivity contribution in [1.82, 2.24) is 5.32 Å². The molecule has 0 fully saturated rings. The zero-order valence-corrected chi connectivity index (χ0v) is 17.2. The van der Waals surface area contributed by atoms with Gasteiger partial charge in [0.15, 0.2) is 5.11 Å². The van der Waals surface area contributed by atoms with Crippen LogP contribution in [0.15, 0.2) is 78.9 Å². The van der Waals surface area contributed by atoms with Crippen molar-refractivity contribution in [2.45, 2.75) is 6.92 Å². The summed E-state index contributed by atoms with van der Waals surface area (Å²) in [4.78, 5) is 24.5. The Labute approximate surface area is 180 Å². The van der Waals surface area contributed by atoms with Crippen LogP contribution >= 0.6 is 12.2 Å². The Morgan fingerprint density at radius 1 is 0.767 bits per heavy atom. The molecule has 0 aliphatic carbocycles. The molecule has 6 nitrogen and oxygen atoms in total. The summed E-state index contributed by atoms with van der Waals surface area (Å²) in [5, 5.41) is 8.59. The Balaban J connectivity index is 1.52. The maximum absolute atomic E-state index is 12.3. The lowest BCUT2D eigenvalue weighted by Gasteiger charge is -2.11. The van der Waals surface area contributed by atoms with E-state index in [0.29, 0.717) is 34.9 Å². The van der Waals surface area contributed by atoms with Gasteiger partial charge in [0.25, 0.3) is 11.8 Å². The molecule has 0 radical (unpaired) electrons. The predicted molar refractivity (Wildman–Crippen MR) is 122 cm³/mol. The zero-order chi connectivity index (χ0) is 21.3. The van der Waals surface area contributed by atoms with Gasteiger partial charge in [0.05, 0.1) is 6.61 Å². The van der Waals surface area contributed by atoms with E-state index in [1.165, 1.54) is 0 Å². The van der Waals surface area contributed by atoms with E-state index >= 15 is 0 Å². The van der Waals surface area contributed by atoms with E-state index in [1.807, 2.05) is 25.1 Å². The maximum atomic E-state index is 12.3. The first kappa shape index (κ1) is 21.0. The molecule has 0 saturated carbocycles. The van der Waals surface area contributed by atoms with Gasteiger partial charge in [-0.3, -0.25) is 14.9 Å². The number of thiocarbonyl (C=S) groups is 1. The Bertz CT molecular complexity index is 1020. The first-order valence-electron chi connectivity index (χ1n) is 9.37. The Morgan fingerprint density at radius 2 is 1.33 bits per heavy atom. The monoisotopic (exact) mass is 419 g/mol. The summed E-state index contributed by atoms with van der Waals surface area (Å²) in [6.07, 6.45) is 0. The topological polar surface area (TPSA) is 79.5 Å². The molecule has 0 aromatic heterocycles. The lowest BCUT2D eigenvalue weighted by Crippen LogP contribution is -2.34. The number of anilines is 2. The number of benzene rings is 3. The summed E-state index contributed by atoms with van der Waals surface area (Å²) >= 11 is 5.21. The number of hydrogen-bond donors (Lipinski definition) is 3. The molecule has 0 spiro atoms. The van der Waals surface area contributed by atoms with Crippen LogP contribution in [0.1, 0.15) is 27.6 Å². The molecule has 30 heavy (non-hydrogen) atoms. The number of amides is 2. The predicted octanol–water partition coefficient (Wildman–Crippen LogP) is 4.46. The minimum atomic E-state index is -0.317. The summed E-state index contributed by atoms with van der Waals surface area (Å²) in [5.41, 5.74) is 2.39. The Morgan fingerprint density at radius 3 is 1.93 bits per heavy atom. The van der Waals surface area contributed by atoms with Crippen molar-refractivity contribution in [3.8, 4) is 5.75 Å². The van der Waals surface area contributed by atoms with Gasteiger partial charge < -0.3 is 15.4 Å². The third-order valence-electron chi connectivity index (χ3n) is 4.09. The molecule has 0 heterocycles.